The van der Waals surface area contributed by atoms with Gasteiger partial charge in [-0.15, -0.1) is 0 Å². The summed E-state index contributed by atoms with van der Waals surface area (Å²) in [5.41, 5.74) is 6.75. The van der Waals surface area contributed by atoms with Gasteiger partial charge in [-0.2, -0.15) is 0 Å². The Hall–Kier alpha value is -2.14. The third kappa shape index (κ3) is 3.66. The number of carbonyl (C=O) groups is 1. The number of primary amides is 1. The largest absolute Gasteiger partial charge is 0.444 e. The fraction of sp³-hybridized carbons (Fsp3) is 0.286. The van der Waals surface area contributed by atoms with Crippen molar-refractivity contribution in [3.05, 3.63) is 53.2 Å². The Balaban J connectivity index is 1.88. The van der Waals surface area contributed by atoms with Crippen molar-refractivity contribution in [1.29, 1.82) is 0 Å². The molecule has 0 spiro atoms. The van der Waals surface area contributed by atoms with Gasteiger partial charge in [0.2, 0.25) is 11.8 Å². The van der Waals surface area contributed by atoms with E-state index in [4.69, 9.17) is 10.2 Å². The molecule has 1 aromatic heterocycles. The van der Waals surface area contributed by atoms with Crippen molar-refractivity contribution in [2.75, 3.05) is 0 Å². The average Bonchev–Trinajstić information content (AvgIpc) is 2.87. The van der Waals surface area contributed by atoms with E-state index in [1.165, 1.54) is 0 Å². The first-order valence-electron chi connectivity index (χ1n) is 6.22. The van der Waals surface area contributed by atoms with Crippen LogP contribution in [0.3, 0.4) is 0 Å². The maximum absolute atomic E-state index is 11.1. The van der Waals surface area contributed by atoms with E-state index in [1.807, 2.05) is 19.1 Å². The van der Waals surface area contributed by atoms with E-state index in [1.54, 1.807) is 18.3 Å². The standard InChI is InChI=1S/C14H17N3O2/c1-2-12-8-17-13(19-12)9-16-7-10-4-3-5-11(6-10)14(15)18/h3-6,8,16H,2,7,9H2,1H3,(H2,15,18). The van der Waals surface area contributed by atoms with Gasteiger partial charge in [0.25, 0.3) is 0 Å². The minimum absolute atomic E-state index is 0.415. The monoisotopic (exact) mass is 259 g/mol. The van der Waals surface area contributed by atoms with Crippen LogP contribution in [0.1, 0.15) is 34.5 Å². The van der Waals surface area contributed by atoms with Crippen LogP contribution >= 0.6 is 0 Å². The normalized spacial score (nSPS) is 10.6. The van der Waals surface area contributed by atoms with Crippen molar-refractivity contribution >= 4 is 5.91 Å². The lowest BCUT2D eigenvalue weighted by Gasteiger charge is -2.04. The summed E-state index contributed by atoms with van der Waals surface area (Å²) in [6.07, 6.45) is 2.58. The number of hydrogen-bond donors (Lipinski definition) is 2. The summed E-state index contributed by atoms with van der Waals surface area (Å²) < 4.78 is 5.48. The van der Waals surface area contributed by atoms with E-state index >= 15 is 0 Å². The summed E-state index contributed by atoms with van der Waals surface area (Å²) in [6.45, 7) is 3.21. The molecule has 0 saturated carbocycles. The van der Waals surface area contributed by atoms with E-state index in [0.29, 0.717) is 24.5 Å². The van der Waals surface area contributed by atoms with E-state index in [9.17, 15) is 4.79 Å². The molecule has 1 aromatic carbocycles. The van der Waals surface area contributed by atoms with Gasteiger partial charge in [-0.25, -0.2) is 4.98 Å². The molecular weight excluding hydrogens is 242 g/mol. The summed E-state index contributed by atoms with van der Waals surface area (Å²) in [7, 11) is 0. The fourth-order valence-corrected chi connectivity index (χ4v) is 1.74. The molecule has 2 aromatic rings. The van der Waals surface area contributed by atoms with Crippen LogP contribution in [0.25, 0.3) is 0 Å². The van der Waals surface area contributed by atoms with E-state index < -0.39 is 5.91 Å². The van der Waals surface area contributed by atoms with Crippen LogP contribution in [0.5, 0.6) is 0 Å². The minimum Gasteiger partial charge on any atom is -0.444 e. The number of nitrogens with two attached hydrogens (primary N) is 1. The van der Waals surface area contributed by atoms with E-state index in [2.05, 4.69) is 10.3 Å². The van der Waals surface area contributed by atoms with Gasteiger partial charge in [0.05, 0.1) is 12.7 Å². The molecule has 0 fully saturated rings. The first kappa shape index (κ1) is 13.3. The van der Waals surface area contributed by atoms with Crippen LogP contribution in [0.15, 0.2) is 34.9 Å². The maximum atomic E-state index is 11.1. The topological polar surface area (TPSA) is 81.1 Å². The molecule has 0 saturated heterocycles. The molecule has 0 radical (unpaired) electrons. The predicted octanol–water partition coefficient (Wildman–Crippen LogP) is 1.63. The minimum atomic E-state index is -0.415. The molecule has 5 heteroatoms. The Morgan fingerprint density at radius 3 is 2.95 bits per heavy atom. The van der Waals surface area contributed by atoms with Crippen LogP contribution in [-0.4, -0.2) is 10.9 Å². The summed E-state index contributed by atoms with van der Waals surface area (Å²) in [5.74, 6) is 1.14. The van der Waals surface area contributed by atoms with Gasteiger partial charge in [0.15, 0.2) is 0 Å². The summed E-state index contributed by atoms with van der Waals surface area (Å²) in [4.78, 5) is 15.2. The average molecular weight is 259 g/mol. The lowest BCUT2D eigenvalue weighted by atomic mass is 10.1. The maximum Gasteiger partial charge on any atom is 0.248 e. The molecule has 0 aliphatic heterocycles. The number of aromatic nitrogens is 1. The van der Waals surface area contributed by atoms with Crippen molar-refractivity contribution < 1.29 is 9.21 Å². The third-order valence-electron chi connectivity index (χ3n) is 2.77. The first-order valence-corrected chi connectivity index (χ1v) is 6.22. The number of amides is 1. The second kappa shape index (κ2) is 6.15. The highest BCUT2D eigenvalue weighted by Crippen LogP contribution is 2.06. The van der Waals surface area contributed by atoms with Gasteiger partial charge in [-0.05, 0) is 17.7 Å². The SMILES string of the molecule is CCc1cnc(CNCc2cccc(C(N)=O)c2)o1. The van der Waals surface area contributed by atoms with Crippen molar-refractivity contribution in [3.8, 4) is 0 Å². The number of nitrogens with one attached hydrogen (secondary N) is 1. The molecule has 100 valence electrons. The quantitative estimate of drug-likeness (QED) is 0.826. The third-order valence-corrected chi connectivity index (χ3v) is 2.77. The molecule has 5 nitrogen and oxygen atoms in total. The lowest BCUT2D eigenvalue weighted by molar-refractivity contribution is 0.1000. The first-order chi connectivity index (χ1) is 9.19. The molecule has 0 bridgehead atoms. The zero-order valence-electron chi connectivity index (χ0n) is 10.8. The second-order valence-electron chi connectivity index (χ2n) is 4.24. The van der Waals surface area contributed by atoms with Gasteiger partial charge in [-0.1, -0.05) is 19.1 Å². The van der Waals surface area contributed by atoms with Crippen molar-refractivity contribution in [2.24, 2.45) is 5.73 Å². The summed E-state index contributed by atoms with van der Waals surface area (Å²) in [6, 6.07) is 7.24. The number of carbonyl (C=O) groups excluding carboxylic acids is 1. The Labute approximate surface area is 111 Å². The number of rotatable bonds is 6. The van der Waals surface area contributed by atoms with Crippen LogP contribution in [-0.2, 0) is 19.5 Å². The predicted molar refractivity (Wildman–Crippen MR) is 71.4 cm³/mol. The molecule has 0 aliphatic carbocycles. The highest BCUT2D eigenvalue weighted by Gasteiger charge is 2.03. The lowest BCUT2D eigenvalue weighted by Crippen LogP contribution is -2.15. The zero-order valence-corrected chi connectivity index (χ0v) is 10.8. The number of oxazole rings is 1. The highest BCUT2D eigenvalue weighted by molar-refractivity contribution is 5.92. The van der Waals surface area contributed by atoms with Crippen LogP contribution in [0.4, 0.5) is 0 Å². The van der Waals surface area contributed by atoms with Gasteiger partial charge >= 0.3 is 0 Å². The number of nitrogens with zero attached hydrogens (tertiary/aromatic N) is 1. The van der Waals surface area contributed by atoms with Crippen LogP contribution < -0.4 is 11.1 Å². The van der Waals surface area contributed by atoms with Gasteiger partial charge in [0.1, 0.15) is 5.76 Å². The molecule has 2 rings (SSSR count). The van der Waals surface area contributed by atoms with E-state index in [0.717, 1.165) is 17.7 Å². The van der Waals surface area contributed by atoms with Gasteiger partial charge in [-0.3, -0.25) is 4.79 Å². The molecule has 0 aliphatic rings. The Morgan fingerprint density at radius 1 is 1.42 bits per heavy atom. The Morgan fingerprint density at radius 2 is 2.26 bits per heavy atom. The Kier molecular flexibility index (Phi) is 4.30. The summed E-state index contributed by atoms with van der Waals surface area (Å²) in [5, 5.41) is 3.21. The van der Waals surface area contributed by atoms with Gasteiger partial charge < -0.3 is 15.5 Å². The molecular formula is C14H17N3O2. The smallest absolute Gasteiger partial charge is 0.248 e. The van der Waals surface area contributed by atoms with Crippen molar-refractivity contribution in [1.82, 2.24) is 10.3 Å². The second-order valence-corrected chi connectivity index (χ2v) is 4.24. The number of aryl methyl sites for hydroxylation is 1. The van der Waals surface area contributed by atoms with E-state index in [-0.39, 0.29) is 0 Å². The zero-order chi connectivity index (χ0) is 13.7. The molecule has 3 N–H and O–H groups in total. The van der Waals surface area contributed by atoms with Crippen LogP contribution in [0.2, 0.25) is 0 Å². The van der Waals surface area contributed by atoms with Crippen molar-refractivity contribution in [3.63, 3.8) is 0 Å². The number of hydrogen-bond acceptors (Lipinski definition) is 4. The summed E-state index contributed by atoms with van der Waals surface area (Å²) >= 11 is 0. The molecule has 1 heterocycles. The molecule has 1 amide bonds. The highest BCUT2D eigenvalue weighted by atomic mass is 16.4. The molecule has 19 heavy (non-hydrogen) atoms. The van der Waals surface area contributed by atoms with Crippen LogP contribution in [0, 0.1) is 0 Å². The number of benzene rings is 1. The molecule has 0 atom stereocenters. The molecule has 0 unspecified atom stereocenters. The van der Waals surface area contributed by atoms with Gasteiger partial charge in [0, 0.05) is 18.5 Å². The Bertz CT molecular complexity index is 563. The van der Waals surface area contributed by atoms with Crippen molar-refractivity contribution in [2.45, 2.75) is 26.4 Å². The fourth-order valence-electron chi connectivity index (χ4n) is 1.74.